The normalized spacial score (nSPS) is 11.7. The molecule has 7 nitrogen and oxygen atoms in total. The van der Waals surface area contributed by atoms with Crippen molar-refractivity contribution in [2.75, 3.05) is 0 Å². The van der Waals surface area contributed by atoms with Gasteiger partial charge in [0.2, 0.25) is 0 Å². The maximum absolute atomic E-state index is 5.28. The molecule has 0 bridgehead atoms. The molecule has 0 fully saturated rings. The van der Waals surface area contributed by atoms with Crippen molar-refractivity contribution in [3.8, 4) is 33.9 Å². The lowest BCUT2D eigenvalue weighted by molar-refractivity contribution is 0.568. The topological polar surface area (TPSA) is 88.3 Å². The fraction of sp³-hybridized carbons (Fsp3) is 0.0870. The lowest BCUT2D eigenvalue weighted by Crippen LogP contribution is -1.95. The first-order valence-corrected chi connectivity index (χ1v) is 9.66. The minimum absolute atomic E-state index is 0.863. The summed E-state index contributed by atoms with van der Waals surface area (Å²) in [6.45, 7) is 1.98. The van der Waals surface area contributed by atoms with Gasteiger partial charge in [0.15, 0.2) is 0 Å². The highest BCUT2D eigenvalue weighted by molar-refractivity contribution is 6.01. The average molecular weight is 394 g/mol. The zero-order valence-corrected chi connectivity index (χ0v) is 16.5. The third-order valence-corrected chi connectivity index (χ3v) is 5.68. The second-order valence-electron chi connectivity index (χ2n) is 7.40. The number of aromatic amines is 2. The molecule has 1 aromatic carbocycles. The first kappa shape index (κ1) is 16.8. The number of hydrogen-bond acceptors (Lipinski definition) is 4. The molecule has 7 heteroatoms. The maximum Gasteiger partial charge on any atom is 0.116 e. The van der Waals surface area contributed by atoms with E-state index in [1.54, 1.807) is 12.5 Å². The molecular formula is C23H18N6O. The molecule has 0 amide bonds. The molecule has 6 rings (SSSR count). The molecule has 6 aromatic rings. The van der Waals surface area contributed by atoms with Gasteiger partial charge in [-0.05, 0) is 36.8 Å². The Hall–Kier alpha value is -4.13. The van der Waals surface area contributed by atoms with Crippen molar-refractivity contribution < 1.29 is 4.42 Å². The number of fused-ring (bicyclic) bond motifs is 2. The van der Waals surface area contributed by atoms with E-state index in [1.165, 1.54) is 0 Å². The largest absolute Gasteiger partial charge is 0.472 e. The van der Waals surface area contributed by atoms with Crippen LogP contribution < -0.4 is 0 Å². The molecule has 0 aliphatic carbocycles. The van der Waals surface area contributed by atoms with E-state index in [1.807, 2.05) is 43.1 Å². The summed E-state index contributed by atoms with van der Waals surface area (Å²) in [5.74, 6) is 0.946. The number of benzene rings is 1. The summed E-state index contributed by atoms with van der Waals surface area (Å²) in [5.41, 5.74) is 7.77. The van der Waals surface area contributed by atoms with Crippen LogP contribution in [0.5, 0.6) is 0 Å². The van der Waals surface area contributed by atoms with E-state index in [-0.39, 0.29) is 0 Å². The summed E-state index contributed by atoms with van der Waals surface area (Å²) in [6, 6.07) is 12.4. The molecule has 0 atom stereocenters. The van der Waals surface area contributed by atoms with Crippen LogP contribution in [-0.2, 0) is 7.05 Å². The van der Waals surface area contributed by atoms with Gasteiger partial charge < -0.3 is 14.0 Å². The van der Waals surface area contributed by atoms with E-state index >= 15 is 0 Å². The Bertz CT molecular complexity index is 1520. The molecule has 5 heterocycles. The smallest absolute Gasteiger partial charge is 0.116 e. The molecule has 146 valence electrons. The molecular weight excluding hydrogens is 376 g/mol. The highest BCUT2D eigenvalue weighted by Gasteiger charge is 2.16. The second-order valence-corrected chi connectivity index (χ2v) is 7.40. The molecule has 0 spiro atoms. The van der Waals surface area contributed by atoms with Crippen molar-refractivity contribution in [2.24, 2.45) is 7.05 Å². The summed E-state index contributed by atoms with van der Waals surface area (Å²) in [5, 5.41) is 9.82. The highest BCUT2D eigenvalue weighted by atomic mass is 16.3. The van der Waals surface area contributed by atoms with Crippen LogP contribution in [-0.4, -0.2) is 29.7 Å². The van der Waals surface area contributed by atoms with E-state index in [4.69, 9.17) is 4.42 Å². The number of furan rings is 1. The van der Waals surface area contributed by atoms with Crippen LogP contribution in [0.1, 0.15) is 5.82 Å². The molecule has 0 saturated carbocycles. The number of nitrogens with zero attached hydrogens (tertiary/aromatic N) is 4. The summed E-state index contributed by atoms with van der Waals surface area (Å²) in [6.07, 6.45) is 7.13. The number of imidazole rings is 1. The van der Waals surface area contributed by atoms with Gasteiger partial charge in [0, 0.05) is 28.9 Å². The molecule has 5 aromatic heterocycles. The fourth-order valence-electron chi connectivity index (χ4n) is 3.95. The van der Waals surface area contributed by atoms with E-state index in [2.05, 4.69) is 49.4 Å². The average Bonchev–Trinajstić information content (AvgIpc) is 3.54. The van der Waals surface area contributed by atoms with Crippen LogP contribution in [0.15, 0.2) is 65.7 Å². The third kappa shape index (κ3) is 2.42. The van der Waals surface area contributed by atoms with Crippen LogP contribution >= 0.6 is 0 Å². The SMILES string of the molecule is Cc1ncc(-c2cc3c(-c4cc5c(-c6ccoc6)cccc5[nH]4)n[nH]c3cn2)n1C. The Balaban J connectivity index is 1.53. The predicted molar refractivity (Wildman–Crippen MR) is 116 cm³/mol. The summed E-state index contributed by atoms with van der Waals surface area (Å²) in [4.78, 5) is 12.5. The summed E-state index contributed by atoms with van der Waals surface area (Å²) in [7, 11) is 1.99. The van der Waals surface area contributed by atoms with E-state index in [9.17, 15) is 0 Å². The Labute approximate surface area is 171 Å². The van der Waals surface area contributed by atoms with Gasteiger partial charge in [-0.2, -0.15) is 5.10 Å². The molecule has 0 radical (unpaired) electrons. The van der Waals surface area contributed by atoms with Crippen LogP contribution in [0.4, 0.5) is 0 Å². The first-order chi connectivity index (χ1) is 14.7. The van der Waals surface area contributed by atoms with Gasteiger partial charge >= 0.3 is 0 Å². The lowest BCUT2D eigenvalue weighted by atomic mass is 10.0. The molecule has 0 unspecified atom stereocenters. The number of aromatic nitrogens is 6. The van der Waals surface area contributed by atoms with Crippen molar-refractivity contribution in [3.05, 3.63) is 67.1 Å². The van der Waals surface area contributed by atoms with Gasteiger partial charge in [-0.25, -0.2) is 4.98 Å². The van der Waals surface area contributed by atoms with Gasteiger partial charge in [-0.15, -0.1) is 0 Å². The minimum Gasteiger partial charge on any atom is -0.472 e. The van der Waals surface area contributed by atoms with Gasteiger partial charge in [-0.3, -0.25) is 10.1 Å². The number of pyridine rings is 1. The zero-order chi connectivity index (χ0) is 20.2. The molecule has 2 N–H and O–H groups in total. The van der Waals surface area contributed by atoms with Gasteiger partial charge in [0.1, 0.15) is 11.5 Å². The van der Waals surface area contributed by atoms with Crippen LogP contribution in [0.2, 0.25) is 0 Å². The van der Waals surface area contributed by atoms with Crippen molar-refractivity contribution in [1.82, 2.24) is 29.7 Å². The van der Waals surface area contributed by atoms with E-state index < -0.39 is 0 Å². The molecule has 0 saturated heterocycles. The van der Waals surface area contributed by atoms with Gasteiger partial charge in [0.05, 0.1) is 47.5 Å². The molecule has 30 heavy (non-hydrogen) atoms. The fourth-order valence-corrected chi connectivity index (χ4v) is 3.95. The maximum atomic E-state index is 5.28. The predicted octanol–water partition coefficient (Wildman–Crippen LogP) is 5.08. The zero-order valence-electron chi connectivity index (χ0n) is 16.5. The van der Waals surface area contributed by atoms with Gasteiger partial charge in [0.25, 0.3) is 0 Å². The number of nitrogens with one attached hydrogen (secondary N) is 2. The second kappa shape index (κ2) is 6.18. The van der Waals surface area contributed by atoms with Gasteiger partial charge in [-0.1, -0.05) is 12.1 Å². The third-order valence-electron chi connectivity index (χ3n) is 5.68. The summed E-state index contributed by atoms with van der Waals surface area (Å²) >= 11 is 0. The molecule has 0 aliphatic heterocycles. The monoisotopic (exact) mass is 394 g/mol. The molecule has 0 aliphatic rings. The number of hydrogen-bond donors (Lipinski definition) is 2. The first-order valence-electron chi connectivity index (χ1n) is 9.66. The van der Waals surface area contributed by atoms with Crippen molar-refractivity contribution >= 4 is 21.8 Å². The van der Waals surface area contributed by atoms with E-state index in [0.717, 1.165) is 61.5 Å². The Morgan fingerprint density at radius 2 is 1.93 bits per heavy atom. The standard InChI is InChI=1S/C23H18N6O/c1-13-24-11-22(29(13)2)19-9-17-21(10-25-19)27-28-23(17)20-8-16-15(14-6-7-30-12-14)4-3-5-18(16)26-20/h3-12,26H,1-2H3,(H,27,28). The van der Waals surface area contributed by atoms with Crippen LogP contribution in [0, 0.1) is 6.92 Å². The lowest BCUT2D eigenvalue weighted by Gasteiger charge is -2.03. The van der Waals surface area contributed by atoms with Crippen LogP contribution in [0.25, 0.3) is 55.7 Å². The summed E-state index contributed by atoms with van der Waals surface area (Å²) < 4.78 is 7.32. The number of aryl methyl sites for hydroxylation is 1. The minimum atomic E-state index is 0.863. The number of rotatable bonds is 3. The Morgan fingerprint density at radius 1 is 1.00 bits per heavy atom. The van der Waals surface area contributed by atoms with Crippen LogP contribution in [0.3, 0.4) is 0 Å². The quantitative estimate of drug-likeness (QED) is 0.438. The van der Waals surface area contributed by atoms with Crippen molar-refractivity contribution in [1.29, 1.82) is 0 Å². The number of H-pyrrole nitrogens is 2. The van der Waals surface area contributed by atoms with E-state index in [0.29, 0.717) is 0 Å². The van der Waals surface area contributed by atoms with Crippen molar-refractivity contribution in [2.45, 2.75) is 6.92 Å². The highest BCUT2D eigenvalue weighted by Crippen LogP contribution is 2.34. The van der Waals surface area contributed by atoms with Crippen molar-refractivity contribution in [3.63, 3.8) is 0 Å². The Kier molecular flexibility index (Phi) is 3.46. The Morgan fingerprint density at radius 3 is 2.73 bits per heavy atom.